The molecule has 0 aromatic rings. The number of hydrogen-bond donors (Lipinski definition) is 6. The molecule has 0 spiro atoms. The molecule has 14 atom stereocenters. The van der Waals surface area contributed by atoms with Crippen LogP contribution in [0.15, 0.2) is 0 Å². The van der Waals surface area contributed by atoms with Crippen molar-refractivity contribution in [2.45, 2.75) is 140 Å². The van der Waals surface area contributed by atoms with Gasteiger partial charge in [0.15, 0.2) is 0 Å². The van der Waals surface area contributed by atoms with Gasteiger partial charge in [-0.2, -0.15) is 0 Å². The highest BCUT2D eigenvalue weighted by molar-refractivity contribution is 5.67. The minimum atomic E-state index is -0.712. The summed E-state index contributed by atoms with van der Waals surface area (Å²) in [7, 11) is 0. The van der Waals surface area contributed by atoms with E-state index in [-0.39, 0.29) is 24.9 Å². The van der Waals surface area contributed by atoms with Crippen molar-refractivity contribution in [3.8, 4) is 0 Å². The van der Waals surface area contributed by atoms with Gasteiger partial charge in [-0.15, -0.1) is 0 Å². The topological polar surface area (TPSA) is 123 Å². The molecule has 6 N–H and O–H groups in total. The van der Waals surface area contributed by atoms with E-state index in [4.69, 9.17) is 0 Å². The summed E-state index contributed by atoms with van der Waals surface area (Å²) in [5.74, 6) is 1.41. The zero-order valence-corrected chi connectivity index (χ0v) is 23.9. The molecular formula is C30H52N4O4. The van der Waals surface area contributed by atoms with Crippen molar-refractivity contribution in [2.24, 2.45) is 35.5 Å². The summed E-state index contributed by atoms with van der Waals surface area (Å²) >= 11 is 0. The van der Waals surface area contributed by atoms with Crippen molar-refractivity contribution in [2.75, 3.05) is 0 Å². The highest BCUT2D eigenvalue weighted by atomic mass is 16.4. The lowest BCUT2D eigenvalue weighted by atomic mass is 9.78. The van der Waals surface area contributed by atoms with E-state index in [9.17, 15) is 19.8 Å². The van der Waals surface area contributed by atoms with Crippen LogP contribution in [0.3, 0.4) is 0 Å². The molecule has 5 saturated heterocycles. The van der Waals surface area contributed by atoms with E-state index in [1.54, 1.807) is 0 Å². The molecule has 0 amide bonds. The second kappa shape index (κ2) is 11.7. The van der Waals surface area contributed by atoms with Crippen LogP contribution < -0.4 is 21.3 Å². The average Bonchev–Trinajstić information content (AvgIpc) is 3.53. The minimum absolute atomic E-state index is 0.215. The number of carboxylic acid groups (broad SMARTS) is 2. The van der Waals surface area contributed by atoms with Crippen LogP contribution in [0, 0.1) is 35.5 Å². The third-order valence-electron chi connectivity index (χ3n) is 11.6. The molecule has 8 bridgehead atoms. The SMILES string of the molecule is CC1CC2CC3NC(CC4NC(CC5NC(CC5C)CC1N2)C(C)C4CCC(=O)O)C(CCC(=O)O)C3C. The van der Waals surface area contributed by atoms with Gasteiger partial charge in [0.25, 0.3) is 0 Å². The molecule has 216 valence electrons. The van der Waals surface area contributed by atoms with Gasteiger partial charge in [-0.05, 0) is 86.9 Å². The first-order chi connectivity index (χ1) is 18.1. The largest absolute Gasteiger partial charge is 0.481 e. The Kier molecular flexibility index (Phi) is 8.73. The molecule has 5 aliphatic heterocycles. The maximum atomic E-state index is 11.5. The Bertz CT molecular complexity index is 856. The Balaban J connectivity index is 1.41. The Morgan fingerprint density at radius 2 is 0.947 bits per heavy atom. The standard InChI is InChI=1S/C30H52N4O4/c1-15-9-20-12-25-17(3)21(5-7-29(35)36)27(33-25)14-28-22(6-8-30(37)38)18(4)26(34-28)13-24-16(2)10-19(32-24)11-23(15)31-20/h15-28,31-34H,5-14H2,1-4H3,(H,35,36)(H,37,38). The minimum Gasteiger partial charge on any atom is -0.481 e. The first-order valence-electron chi connectivity index (χ1n) is 15.6. The lowest BCUT2D eigenvalue weighted by molar-refractivity contribution is -0.138. The Labute approximate surface area is 228 Å². The van der Waals surface area contributed by atoms with Gasteiger partial charge in [-0.1, -0.05) is 27.7 Å². The van der Waals surface area contributed by atoms with Gasteiger partial charge in [-0.3, -0.25) is 9.59 Å². The zero-order valence-electron chi connectivity index (χ0n) is 23.9. The highest BCUT2D eigenvalue weighted by Crippen LogP contribution is 2.42. The van der Waals surface area contributed by atoms with Crippen molar-refractivity contribution in [1.29, 1.82) is 0 Å². The van der Waals surface area contributed by atoms with Gasteiger partial charge < -0.3 is 31.5 Å². The maximum absolute atomic E-state index is 11.5. The van der Waals surface area contributed by atoms with Gasteiger partial charge in [0.05, 0.1) is 0 Å². The average molecular weight is 533 g/mol. The first-order valence-corrected chi connectivity index (χ1v) is 15.6. The molecule has 5 aliphatic rings. The molecule has 0 aromatic heterocycles. The van der Waals surface area contributed by atoms with E-state index in [1.165, 1.54) is 19.3 Å². The third kappa shape index (κ3) is 6.08. The predicted molar refractivity (Wildman–Crippen MR) is 148 cm³/mol. The molecule has 5 rings (SSSR count). The molecule has 14 unspecified atom stereocenters. The van der Waals surface area contributed by atoms with Crippen molar-refractivity contribution in [3.63, 3.8) is 0 Å². The smallest absolute Gasteiger partial charge is 0.303 e. The second-order valence-electron chi connectivity index (χ2n) is 14.0. The summed E-state index contributed by atoms with van der Waals surface area (Å²) in [6, 6.07) is 3.41. The Hall–Kier alpha value is -1.22. The van der Waals surface area contributed by atoms with Gasteiger partial charge in [0.1, 0.15) is 0 Å². The number of rotatable bonds is 6. The Morgan fingerprint density at radius 1 is 0.553 bits per heavy atom. The van der Waals surface area contributed by atoms with Crippen LogP contribution in [0.25, 0.3) is 0 Å². The lowest BCUT2D eigenvalue weighted by Gasteiger charge is -2.28. The van der Waals surface area contributed by atoms with Crippen LogP contribution in [0.1, 0.15) is 91.9 Å². The van der Waals surface area contributed by atoms with Gasteiger partial charge in [-0.25, -0.2) is 0 Å². The highest BCUT2D eigenvalue weighted by Gasteiger charge is 2.48. The van der Waals surface area contributed by atoms with Gasteiger partial charge in [0.2, 0.25) is 0 Å². The number of carboxylic acids is 2. The summed E-state index contributed by atoms with van der Waals surface area (Å²) in [6.45, 7) is 9.47. The predicted octanol–water partition coefficient (Wildman–Crippen LogP) is 3.21. The maximum Gasteiger partial charge on any atom is 0.303 e. The molecule has 5 fully saturated rings. The first kappa shape index (κ1) is 28.3. The van der Waals surface area contributed by atoms with E-state index in [2.05, 4.69) is 49.0 Å². The van der Waals surface area contributed by atoms with Crippen LogP contribution in [0.2, 0.25) is 0 Å². The van der Waals surface area contributed by atoms with E-state index in [1.807, 2.05) is 0 Å². The van der Waals surface area contributed by atoms with Crippen LogP contribution in [-0.4, -0.2) is 70.5 Å². The molecule has 0 radical (unpaired) electrons. The third-order valence-corrected chi connectivity index (χ3v) is 11.6. The summed E-state index contributed by atoms with van der Waals surface area (Å²) in [4.78, 5) is 23.1. The number of carbonyl (C=O) groups is 2. The normalized spacial score (nSPS) is 48.8. The molecule has 0 aromatic carbocycles. The van der Waals surface area contributed by atoms with E-state index in [0.29, 0.717) is 84.6 Å². The van der Waals surface area contributed by atoms with Crippen LogP contribution >= 0.6 is 0 Å². The monoisotopic (exact) mass is 532 g/mol. The summed E-state index contributed by atoms with van der Waals surface area (Å²) < 4.78 is 0. The molecule has 8 nitrogen and oxygen atoms in total. The molecule has 38 heavy (non-hydrogen) atoms. The van der Waals surface area contributed by atoms with E-state index < -0.39 is 11.9 Å². The zero-order chi connectivity index (χ0) is 27.1. The van der Waals surface area contributed by atoms with Crippen molar-refractivity contribution >= 4 is 11.9 Å². The number of fused-ring (bicyclic) bond motifs is 8. The van der Waals surface area contributed by atoms with Crippen LogP contribution in [0.5, 0.6) is 0 Å². The fourth-order valence-corrected chi connectivity index (χ4v) is 9.38. The summed E-state index contributed by atoms with van der Waals surface area (Å²) in [5.41, 5.74) is 0. The van der Waals surface area contributed by atoms with E-state index >= 15 is 0 Å². The fourth-order valence-electron chi connectivity index (χ4n) is 9.38. The van der Waals surface area contributed by atoms with Gasteiger partial charge >= 0.3 is 11.9 Å². The number of nitrogens with one attached hydrogen (secondary N) is 4. The second-order valence-corrected chi connectivity index (χ2v) is 14.0. The molecule has 0 aliphatic carbocycles. The van der Waals surface area contributed by atoms with Crippen LogP contribution in [-0.2, 0) is 9.59 Å². The molecule has 5 heterocycles. The number of hydrogen-bond acceptors (Lipinski definition) is 6. The van der Waals surface area contributed by atoms with E-state index in [0.717, 1.165) is 19.3 Å². The quantitative estimate of drug-likeness (QED) is 0.308. The number of aliphatic carboxylic acids is 2. The molecule has 0 saturated carbocycles. The lowest BCUT2D eigenvalue weighted by Crippen LogP contribution is -2.45. The van der Waals surface area contributed by atoms with Gasteiger partial charge in [0, 0.05) is 61.2 Å². The van der Waals surface area contributed by atoms with Crippen molar-refractivity contribution < 1.29 is 19.8 Å². The van der Waals surface area contributed by atoms with Crippen LogP contribution in [0.4, 0.5) is 0 Å². The summed E-state index contributed by atoms with van der Waals surface area (Å²) in [5, 5.41) is 35.0. The Morgan fingerprint density at radius 3 is 1.42 bits per heavy atom. The molecular weight excluding hydrogens is 480 g/mol. The summed E-state index contributed by atoms with van der Waals surface area (Å²) in [6.07, 6.45) is 8.62. The fraction of sp³-hybridized carbons (Fsp3) is 0.933. The van der Waals surface area contributed by atoms with Crippen molar-refractivity contribution in [3.05, 3.63) is 0 Å². The molecule has 8 heteroatoms. The van der Waals surface area contributed by atoms with Crippen molar-refractivity contribution in [1.82, 2.24) is 21.3 Å².